The van der Waals surface area contributed by atoms with E-state index in [2.05, 4.69) is 25.3 Å². The lowest BCUT2D eigenvalue weighted by molar-refractivity contribution is -0.917. The molecule has 24 heavy (non-hydrogen) atoms. The second kappa shape index (κ2) is 5.38. The number of nitrogens with one attached hydrogen (secondary N) is 1. The van der Waals surface area contributed by atoms with Crippen molar-refractivity contribution in [3.63, 3.8) is 0 Å². The normalized spacial score (nSPS) is 40.5. The van der Waals surface area contributed by atoms with Crippen molar-refractivity contribution >= 4 is 0 Å². The Hall–Kier alpha value is -1.23. The van der Waals surface area contributed by atoms with Gasteiger partial charge in [-0.25, -0.2) is 0 Å². The summed E-state index contributed by atoms with van der Waals surface area (Å²) in [4.78, 5) is 1.62. The monoisotopic (exact) mass is 349 g/mol. The van der Waals surface area contributed by atoms with E-state index in [9.17, 15) is 5.11 Å². The van der Waals surface area contributed by atoms with Gasteiger partial charge in [0.2, 0.25) is 0 Å². The lowest BCUT2D eigenvalue weighted by Crippen LogP contribution is -3.16. The van der Waals surface area contributed by atoms with Gasteiger partial charge in [0.1, 0.15) is 12.2 Å². The van der Waals surface area contributed by atoms with E-state index in [1.807, 2.05) is 6.92 Å². The van der Waals surface area contributed by atoms with Gasteiger partial charge in [-0.15, -0.1) is 0 Å². The van der Waals surface area contributed by atoms with Gasteiger partial charge in [0.15, 0.2) is 11.5 Å². The van der Waals surface area contributed by atoms with Gasteiger partial charge in [0, 0.05) is 30.9 Å². The summed E-state index contributed by atoms with van der Waals surface area (Å²) in [5.74, 6) is 1.49. The van der Waals surface area contributed by atoms with Crippen LogP contribution in [-0.2, 0) is 16.6 Å². The summed E-state index contributed by atoms with van der Waals surface area (Å²) in [5.41, 5.74) is 2.64. The molecule has 130 valence electrons. The van der Waals surface area contributed by atoms with Gasteiger partial charge in [0.25, 0.3) is 0 Å². The van der Waals surface area contributed by atoms with Crippen molar-refractivity contribution in [3.8, 4) is 11.5 Å². The topological polar surface area (TPSA) is 43.1 Å². The van der Waals surface area contributed by atoms with Gasteiger partial charge < -0.3 is 31.9 Å². The number of likely N-dealkylation sites (tertiary alicyclic amines) is 1. The first-order valence-electron chi connectivity index (χ1n) is 8.81. The number of piperidine rings is 1. The van der Waals surface area contributed by atoms with E-state index in [1.54, 1.807) is 11.0 Å². The first kappa shape index (κ1) is 16.2. The fraction of sp³-hybridized carbons (Fsp3) is 0.579. The summed E-state index contributed by atoms with van der Waals surface area (Å²) in [7, 11) is 2.32. The maximum atomic E-state index is 10.4. The van der Waals surface area contributed by atoms with Crippen LogP contribution in [0, 0.1) is 5.92 Å². The third-order valence-corrected chi connectivity index (χ3v) is 6.64. The number of phenols is 1. The number of halogens is 1. The number of hydrogen-bond acceptors (Lipinski definition) is 3. The molecule has 5 heteroatoms. The molecule has 2 aliphatic carbocycles. The van der Waals surface area contributed by atoms with Crippen LogP contribution in [0.2, 0.25) is 0 Å². The molecule has 0 radical (unpaired) electrons. The molecule has 0 amide bonds. The van der Waals surface area contributed by atoms with Crippen molar-refractivity contribution in [1.82, 2.24) is 0 Å². The van der Waals surface area contributed by atoms with Crippen LogP contribution in [0.3, 0.4) is 0 Å². The number of ether oxygens (including phenoxy) is 2. The summed E-state index contributed by atoms with van der Waals surface area (Å²) in [6.45, 7) is 3.87. The molecule has 1 saturated heterocycles. The van der Waals surface area contributed by atoms with Crippen molar-refractivity contribution in [3.05, 3.63) is 35.4 Å². The van der Waals surface area contributed by atoms with Gasteiger partial charge >= 0.3 is 0 Å². The maximum absolute atomic E-state index is 10.4. The fourth-order valence-corrected chi connectivity index (χ4v) is 5.70. The number of phenolic OH excluding ortho intramolecular Hbond substituents is 1. The molecular formula is C19H24ClNO3. The Labute approximate surface area is 148 Å². The summed E-state index contributed by atoms with van der Waals surface area (Å²) in [5, 5.41) is 10.4. The zero-order valence-corrected chi connectivity index (χ0v) is 14.8. The van der Waals surface area contributed by atoms with Crippen LogP contribution in [0.4, 0.5) is 0 Å². The highest BCUT2D eigenvalue weighted by Gasteiger charge is 2.66. The minimum atomic E-state index is -0.0203. The lowest BCUT2D eigenvalue weighted by atomic mass is 9.53. The van der Waals surface area contributed by atoms with Crippen molar-refractivity contribution in [1.29, 1.82) is 0 Å². The highest BCUT2D eigenvalue weighted by Crippen LogP contribution is 2.60. The van der Waals surface area contributed by atoms with E-state index >= 15 is 0 Å². The Morgan fingerprint density at radius 1 is 1.38 bits per heavy atom. The van der Waals surface area contributed by atoms with Crippen molar-refractivity contribution in [2.24, 2.45) is 5.92 Å². The molecule has 1 aromatic rings. The van der Waals surface area contributed by atoms with Crippen molar-refractivity contribution in [2.45, 2.75) is 43.4 Å². The molecule has 4 nitrogen and oxygen atoms in total. The summed E-state index contributed by atoms with van der Waals surface area (Å²) < 4.78 is 12.4. The quantitative estimate of drug-likeness (QED) is 0.597. The number of rotatable bonds is 2. The molecule has 1 spiro atoms. The van der Waals surface area contributed by atoms with Gasteiger partial charge in [-0.2, -0.15) is 0 Å². The van der Waals surface area contributed by atoms with E-state index < -0.39 is 0 Å². The van der Waals surface area contributed by atoms with Crippen LogP contribution in [-0.4, -0.2) is 43.6 Å². The molecule has 2 heterocycles. The number of quaternary nitrogens is 1. The van der Waals surface area contributed by atoms with Gasteiger partial charge in [0.05, 0.1) is 25.0 Å². The number of aromatic hydroxyl groups is 1. The van der Waals surface area contributed by atoms with Crippen molar-refractivity contribution < 1.29 is 31.9 Å². The van der Waals surface area contributed by atoms with Crippen LogP contribution < -0.4 is 22.0 Å². The van der Waals surface area contributed by atoms with E-state index in [-0.39, 0.29) is 35.8 Å². The fourth-order valence-electron chi connectivity index (χ4n) is 5.70. The SMILES string of the molecule is CCO[C@H]1C=CC2C3Cc4ccc(O)c5c4[C@@]2(CC[NH+]3C)C1O5.[Cl-]. The van der Waals surface area contributed by atoms with Crippen molar-refractivity contribution in [2.75, 3.05) is 20.2 Å². The minimum Gasteiger partial charge on any atom is -1.00 e. The van der Waals surface area contributed by atoms with Crippen LogP contribution in [0.1, 0.15) is 24.5 Å². The molecule has 2 bridgehead atoms. The van der Waals surface area contributed by atoms with Crippen LogP contribution in [0.25, 0.3) is 0 Å². The van der Waals surface area contributed by atoms with Gasteiger partial charge in [-0.05, 0) is 18.6 Å². The smallest absolute Gasteiger partial charge is 0.165 e. The Balaban J connectivity index is 0.00000146. The van der Waals surface area contributed by atoms with Gasteiger partial charge in [-0.1, -0.05) is 18.2 Å². The third-order valence-electron chi connectivity index (χ3n) is 6.64. The highest BCUT2D eigenvalue weighted by molar-refractivity contribution is 5.61. The largest absolute Gasteiger partial charge is 1.00 e. The molecule has 0 aromatic heterocycles. The predicted molar refractivity (Wildman–Crippen MR) is 86.1 cm³/mol. The minimum absolute atomic E-state index is 0. The first-order valence-corrected chi connectivity index (χ1v) is 8.81. The van der Waals surface area contributed by atoms with Crippen LogP contribution in [0.15, 0.2) is 24.3 Å². The second-order valence-electron chi connectivity index (χ2n) is 7.51. The van der Waals surface area contributed by atoms with E-state index in [0.29, 0.717) is 18.6 Å². The van der Waals surface area contributed by atoms with E-state index in [4.69, 9.17) is 9.47 Å². The number of benzene rings is 1. The Morgan fingerprint density at radius 2 is 2.21 bits per heavy atom. The van der Waals surface area contributed by atoms with E-state index in [0.717, 1.165) is 25.1 Å². The molecule has 1 fully saturated rings. The standard InChI is InChI=1S/C19H23NO3.ClH/c1-3-22-15-7-5-12-13-10-11-4-6-14(21)17-16(11)19(12,18(15)23-17)8-9-20(13)2;/h4-7,12-13,15,18,21H,3,8-10H2,1-2H3;1H/t12?,13?,15-,18?,19-;/m0./s1. The van der Waals surface area contributed by atoms with E-state index in [1.165, 1.54) is 11.1 Å². The predicted octanol–water partition coefficient (Wildman–Crippen LogP) is -2.17. The summed E-state index contributed by atoms with van der Waals surface area (Å²) in [6.07, 6.45) is 6.73. The van der Waals surface area contributed by atoms with Gasteiger partial charge in [-0.3, -0.25) is 0 Å². The Bertz CT molecular complexity index is 706. The average molecular weight is 350 g/mol. The number of likely N-dealkylation sites (N-methyl/N-ethyl adjacent to an activating group) is 1. The molecule has 2 aliphatic heterocycles. The number of hydrogen-bond donors (Lipinski definition) is 2. The zero-order chi connectivity index (χ0) is 15.8. The molecule has 2 N–H and O–H groups in total. The second-order valence-corrected chi connectivity index (χ2v) is 7.51. The lowest BCUT2D eigenvalue weighted by Gasteiger charge is -2.54. The molecule has 4 aliphatic rings. The third kappa shape index (κ3) is 1.77. The highest BCUT2D eigenvalue weighted by atomic mass is 35.5. The molecule has 1 aromatic carbocycles. The summed E-state index contributed by atoms with van der Waals surface area (Å²) in [6, 6.07) is 4.50. The van der Waals surface area contributed by atoms with Crippen LogP contribution >= 0.6 is 0 Å². The molecule has 6 atom stereocenters. The average Bonchev–Trinajstić information content (AvgIpc) is 2.90. The molecule has 5 rings (SSSR count). The zero-order valence-electron chi connectivity index (χ0n) is 14.1. The summed E-state index contributed by atoms with van der Waals surface area (Å²) >= 11 is 0. The van der Waals surface area contributed by atoms with Crippen LogP contribution in [0.5, 0.6) is 11.5 Å². The Kier molecular flexibility index (Phi) is 3.64. The Morgan fingerprint density at radius 3 is 3.00 bits per heavy atom. The maximum Gasteiger partial charge on any atom is 0.165 e. The molecule has 4 unspecified atom stereocenters. The first-order chi connectivity index (χ1) is 11.2. The molecule has 0 saturated carbocycles. The molecular weight excluding hydrogens is 326 g/mol.